The van der Waals surface area contributed by atoms with Crippen LogP contribution >= 0.6 is 0 Å². The highest BCUT2D eigenvalue weighted by molar-refractivity contribution is 5.95. The van der Waals surface area contributed by atoms with Gasteiger partial charge in [-0.25, -0.2) is 4.79 Å². The van der Waals surface area contributed by atoms with Crippen LogP contribution in [0.4, 0.5) is 0 Å². The van der Waals surface area contributed by atoms with E-state index in [1.54, 1.807) is 6.92 Å². The maximum atomic E-state index is 11.5. The first kappa shape index (κ1) is 9.06. The number of esters is 1. The van der Waals surface area contributed by atoms with Crippen LogP contribution in [0.3, 0.4) is 0 Å². The number of carbonyl (C=O) groups excluding carboxylic acids is 1. The van der Waals surface area contributed by atoms with Crippen LogP contribution in [0.25, 0.3) is 0 Å². The molecule has 2 aliphatic rings. The van der Waals surface area contributed by atoms with Gasteiger partial charge in [0.2, 0.25) is 0 Å². The molecule has 0 atom stereocenters. The van der Waals surface area contributed by atoms with E-state index in [2.05, 4.69) is 0 Å². The van der Waals surface area contributed by atoms with Crippen molar-refractivity contribution in [2.45, 2.75) is 13.3 Å². The minimum Gasteiger partial charge on any atom is -0.496 e. The van der Waals surface area contributed by atoms with E-state index in [9.17, 15) is 4.79 Å². The number of ether oxygens (including phenoxy) is 2. The van der Waals surface area contributed by atoms with E-state index in [1.807, 2.05) is 12.2 Å². The summed E-state index contributed by atoms with van der Waals surface area (Å²) in [6.07, 6.45) is 6.37. The average molecular weight is 192 g/mol. The van der Waals surface area contributed by atoms with Gasteiger partial charge >= 0.3 is 5.97 Å². The molecule has 0 saturated carbocycles. The van der Waals surface area contributed by atoms with Crippen molar-refractivity contribution < 1.29 is 14.3 Å². The molecule has 1 heterocycles. The first-order valence-corrected chi connectivity index (χ1v) is 4.70. The maximum absolute atomic E-state index is 11.5. The van der Waals surface area contributed by atoms with Crippen LogP contribution in [-0.2, 0) is 14.3 Å². The Morgan fingerprint density at radius 1 is 1.64 bits per heavy atom. The SMILES string of the molecule is CCOC(=O)C1=COCC2=C1C=CC2. The summed E-state index contributed by atoms with van der Waals surface area (Å²) in [7, 11) is 0. The van der Waals surface area contributed by atoms with Crippen molar-refractivity contribution in [1.29, 1.82) is 0 Å². The molecule has 74 valence electrons. The zero-order valence-electron chi connectivity index (χ0n) is 8.08. The summed E-state index contributed by atoms with van der Waals surface area (Å²) < 4.78 is 10.1. The molecular formula is C11H12O3. The molecule has 0 saturated heterocycles. The lowest BCUT2D eigenvalue weighted by Crippen LogP contribution is -2.14. The predicted molar refractivity (Wildman–Crippen MR) is 51.5 cm³/mol. The van der Waals surface area contributed by atoms with Crippen LogP contribution < -0.4 is 0 Å². The smallest absolute Gasteiger partial charge is 0.341 e. The van der Waals surface area contributed by atoms with Gasteiger partial charge < -0.3 is 9.47 Å². The molecule has 1 aliphatic heterocycles. The number of carbonyl (C=O) groups is 1. The van der Waals surface area contributed by atoms with Crippen molar-refractivity contribution in [2.75, 3.05) is 13.2 Å². The van der Waals surface area contributed by atoms with Crippen molar-refractivity contribution in [3.05, 3.63) is 35.1 Å². The van der Waals surface area contributed by atoms with Gasteiger partial charge in [0, 0.05) is 0 Å². The lowest BCUT2D eigenvalue weighted by atomic mass is 10.0. The average Bonchev–Trinajstić information content (AvgIpc) is 2.65. The molecule has 14 heavy (non-hydrogen) atoms. The Hall–Kier alpha value is -1.51. The summed E-state index contributed by atoms with van der Waals surface area (Å²) in [6.45, 7) is 2.77. The van der Waals surface area contributed by atoms with Crippen LogP contribution in [0.15, 0.2) is 35.1 Å². The normalized spacial score (nSPS) is 18.8. The van der Waals surface area contributed by atoms with E-state index in [-0.39, 0.29) is 5.97 Å². The van der Waals surface area contributed by atoms with Crippen LogP contribution in [0.1, 0.15) is 13.3 Å². The molecule has 3 heteroatoms. The van der Waals surface area contributed by atoms with Crippen LogP contribution in [0, 0.1) is 0 Å². The van der Waals surface area contributed by atoms with Gasteiger partial charge in [0.1, 0.15) is 12.2 Å². The molecular weight excluding hydrogens is 180 g/mol. The Morgan fingerprint density at radius 3 is 3.29 bits per heavy atom. The molecule has 0 spiro atoms. The number of allylic oxidation sites excluding steroid dienone is 2. The van der Waals surface area contributed by atoms with Crippen LogP contribution in [-0.4, -0.2) is 19.2 Å². The quantitative estimate of drug-likeness (QED) is 0.625. The molecule has 0 unspecified atom stereocenters. The van der Waals surface area contributed by atoms with Gasteiger partial charge in [0.15, 0.2) is 0 Å². The topological polar surface area (TPSA) is 35.5 Å². The van der Waals surface area contributed by atoms with Crippen LogP contribution in [0.2, 0.25) is 0 Å². The largest absolute Gasteiger partial charge is 0.496 e. The van der Waals surface area contributed by atoms with Gasteiger partial charge in [-0.15, -0.1) is 0 Å². The molecule has 0 aromatic carbocycles. The summed E-state index contributed by atoms with van der Waals surface area (Å²) in [4.78, 5) is 11.5. The van der Waals surface area contributed by atoms with E-state index >= 15 is 0 Å². The van der Waals surface area contributed by atoms with Gasteiger partial charge in [0.25, 0.3) is 0 Å². The molecule has 0 amide bonds. The number of hydrogen-bond acceptors (Lipinski definition) is 3. The molecule has 0 aromatic heterocycles. The Morgan fingerprint density at radius 2 is 2.50 bits per heavy atom. The molecule has 0 bridgehead atoms. The third kappa shape index (κ3) is 1.45. The monoisotopic (exact) mass is 192 g/mol. The molecule has 0 aromatic rings. The Kier molecular flexibility index (Phi) is 2.39. The first-order chi connectivity index (χ1) is 6.83. The second-order valence-electron chi connectivity index (χ2n) is 3.19. The van der Waals surface area contributed by atoms with Crippen LogP contribution in [0.5, 0.6) is 0 Å². The molecule has 0 fully saturated rings. The van der Waals surface area contributed by atoms with Gasteiger partial charge in [0.05, 0.1) is 12.9 Å². The zero-order chi connectivity index (χ0) is 9.97. The molecule has 2 rings (SSSR count). The summed E-state index contributed by atoms with van der Waals surface area (Å²) in [5, 5.41) is 0. The van der Waals surface area contributed by atoms with Crippen molar-refractivity contribution in [1.82, 2.24) is 0 Å². The summed E-state index contributed by atoms with van der Waals surface area (Å²) in [6, 6.07) is 0. The maximum Gasteiger partial charge on any atom is 0.341 e. The molecule has 1 aliphatic carbocycles. The van der Waals surface area contributed by atoms with Gasteiger partial charge in [-0.3, -0.25) is 0 Å². The molecule has 0 N–H and O–H groups in total. The van der Waals surface area contributed by atoms with Crippen molar-refractivity contribution in [3.63, 3.8) is 0 Å². The van der Waals surface area contributed by atoms with Crippen molar-refractivity contribution in [3.8, 4) is 0 Å². The fraction of sp³-hybridized carbons (Fsp3) is 0.364. The highest BCUT2D eigenvalue weighted by atomic mass is 16.5. The predicted octanol–water partition coefficient (Wildman–Crippen LogP) is 1.72. The number of hydrogen-bond donors (Lipinski definition) is 0. The number of rotatable bonds is 2. The summed E-state index contributed by atoms with van der Waals surface area (Å²) in [5.74, 6) is -0.300. The van der Waals surface area contributed by atoms with Crippen molar-refractivity contribution in [2.24, 2.45) is 0 Å². The minimum atomic E-state index is -0.300. The Labute approximate surface area is 82.7 Å². The van der Waals surface area contributed by atoms with E-state index in [0.717, 1.165) is 17.6 Å². The second kappa shape index (κ2) is 3.70. The zero-order valence-corrected chi connectivity index (χ0v) is 8.08. The standard InChI is InChI=1S/C11H12O3/c1-2-14-11(12)10-7-13-6-8-4-3-5-9(8)10/h3,5,7H,2,4,6H2,1H3. The third-order valence-corrected chi connectivity index (χ3v) is 2.27. The van der Waals surface area contributed by atoms with Gasteiger partial charge in [-0.05, 0) is 24.5 Å². The van der Waals surface area contributed by atoms with E-state index in [4.69, 9.17) is 9.47 Å². The first-order valence-electron chi connectivity index (χ1n) is 4.70. The van der Waals surface area contributed by atoms with Gasteiger partial charge in [-0.1, -0.05) is 12.2 Å². The fourth-order valence-corrected chi connectivity index (χ4v) is 1.62. The highest BCUT2D eigenvalue weighted by Crippen LogP contribution is 2.29. The summed E-state index contributed by atoms with van der Waals surface area (Å²) >= 11 is 0. The highest BCUT2D eigenvalue weighted by Gasteiger charge is 2.23. The van der Waals surface area contributed by atoms with E-state index in [1.165, 1.54) is 6.26 Å². The second-order valence-corrected chi connectivity index (χ2v) is 3.19. The van der Waals surface area contributed by atoms with Gasteiger partial charge in [-0.2, -0.15) is 0 Å². The molecule has 3 nitrogen and oxygen atoms in total. The Bertz CT molecular complexity index is 348. The minimum absolute atomic E-state index is 0.300. The fourth-order valence-electron chi connectivity index (χ4n) is 1.62. The van der Waals surface area contributed by atoms with Crippen molar-refractivity contribution >= 4 is 5.97 Å². The lowest BCUT2D eigenvalue weighted by Gasteiger charge is -2.15. The molecule has 0 radical (unpaired) electrons. The third-order valence-electron chi connectivity index (χ3n) is 2.27. The lowest BCUT2D eigenvalue weighted by molar-refractivity contribution is -0.138. The van der Waals surface area contributed by atoms with E-state index in [0.29, 0.717) is 18.8 Å². The summed E-state index contributed by atoms with van der Waals surface area (Å²) in [5.41, 5.74) is 2.69. The van der Waals surface area contributed by atoms with E-state index < -0.39 is 0 Å². The Balaban J connectivity index is 2.22.